The van der Waals surface area contributed by atoms with E-state index in [4.69, 9.17) is 4.74 Å². The van der Waals surface area contributed by atoms with Crippen LogP contribution in [0.25, 0.3) is 0 Å². The Morgan fingerprint density at radius 2 is 1.65 bits per heavy atom. The molecule has 8 nitrogen and oxygen atoms in total. The van der Waals surface area contributed by atoms with Crippen molar-refractivity contribution in [1.29, 1.82) is 0 Å². The van der Waals surface area contributed by atoms with Crippen LogP contribution in [0.15, 0.2) is 18.2 Å². The van der Waals surface area contributed by atoms with Crippen LogP contribution in [0.5, 0.6) is 5.75 Å². The van der Waals surface area contributed by atoms with Gasteiger partial charge in [0.25, 0.3) is 11.8 Å². The summed E-state index contributed by atoms with van der Waals surface area (Å²) in [4.78, 5) is 50.3. The van der Waals surface area contributed by atoms with Gasteiger partial charge < -0.3 is 10.1 Å². The second-order valence-electron chi connectivity index (χ2n) is 12.2. The summed E-state index contributed by atoms with van der Waals surface area (Å²) >= 11 is 0. The monoisotopic (exact) mass is 505 g/mol. The van der Waals surface area contributed by atoms with Crippen LogP contribution in [-0.4, -0.2) is 53.3 Å². The number of carbonyl (C=O) groups is 4. The highest BCUT2D eigenvalue weighted by Gasteiger charge is 2.87. The van der Waals surface area contributed by atoms with Crippen molar-refractivity contribution >= 4 is 23.6 Å². The molecule has 4 saturated carbocycles. The molecule has 1 saturated heterocycles. The number of nitrogens with one attached hydrogen (secondary N) is 2. The number of ether oxygens (including phenoxy) is 1. The molecule has 2 heterocycles. The van der Waals surface area contributed by atoms with Gasteiger partial charge in [-0.2, -0.15) is 0 Å². The molecule has 1 spiro atoms. The van der Waals surface area contributed by atoms with Crippen LogP contribution in [-0.2, 0) is 9.59 Å². The average molecular weight is 506 g/mol. The van der Waals surface area contributed by atoms with E-state index in [1.807, 2.05) is 0 Å². The molecule has 3 unspecified atom stereocenters. The molecule has 4 amide bonds. The largest absolute Gasteiger partial charge is 0.494 e. The van der Waals surface area contributed by atoms with E-state index >= 15 is 0 Å². The number of amides is 4. The lowest BCUT2D eigenvalue weighted by atomic mass is 9.15. The molecule has 0 radical (unpaired) electrons. The van der Waals surface area contributed by atoms with Gasteiger partial charge in [-0.25, -0.2) is 0 Å². The van der Waals surface area contributed by atoms with E-state index in [0.717, 1.165) is 47.5 Å². The van der Waals surface area contributed by atoms with Gasteiger partial charge in [-0.1, -0.05) is 19.3 Å². The van der Waals surface area contributed by atoms with Crippen molar-refractivity contribution in [2.24, 2.45) is 23.2 Å². The topological polar surface area (TPSA) is 105 Å². The summed E-state index contributed by atoms with van der Waals surface area (Å²) in [6, 6.07) is 3.94. The van der Waals surface area contributed by atoms with Crippen LogP contribution in [0.1, 0.15) is 91.3 Å². The summed E-state index contributed by atoms with van der Waals surface area (Å²) in [5, 5.41) is 6.19. The van der Waals surface area contributed by atoms with E-state index in [9.17, 15) is 19.2 Å². The Labute approximate surface area is 216 Å². The molecule has 37 heavy (non-hydrogen) atoms. The van der Waals surface area contributed by atoms with Gasteiger partial charge in [-0.05, 0) is 92.9 Å². The Bertz CT molecular complexity index is 1170. The van der Waals surface area contributed by atoms with Crippen molar-refractivity contribution in [2.45, 2.75) is 82.2 Å². The Morgan fingerprint density at radius 3 is 2.38 bits per heavy atom. The number of benzene rings is 1. The fraction of sp³-hybridized carbons (Fsp3) is 0.655. The maximum Gasteiger partial charge on any atom is 0.262 e. The Morgan fingerprint density at radius 1 is 0.919 bits per heavy atom. The number of fused-ring (bicyclic) bond motifs is 1. The third-order valence-electron chi connectivity index (χ3n) is 10.6. The summed E-state index contributed by atoms with van der Waals surface area (Å²) in [5.41, 5.74) is 1.83. The normalized spacial score (nSPS) is 36.4. The number of carbonyl (C=O) groups excluding carboxylic acids is 4. The van der Waals surface area contributed by atoms with E-state index in [1.54, 1.807) is 18.2 Å². The van der Waals surface area contributed by atoms with Crippen molar-refractivity contribution < 1.29 is 23.9 Å². The highest BCUT2D eigenvalue weighted by molar-refractivity contribution is 6.23. The van der Waals surface area contributed by atoms with Gasteiger partial charge in [0.05, 0.1) is 17.7 Å². The number of unbranched alkanes of at least 4 members (excludes halogenated alkanes) is 4. The summed E-state index contributed by atoms with van der Waals surface area (Å²) in [6.07, 6.45) is 11.9. The van der Waals surface area contributed by atoms with Crippen LogP contribution in [0.2, 0.25) is 0 Å². The minimum atomic E-state index is -0.950. The third-order valence-corrected chi connectivity index (χ3v) is 10.6. The van der Waals surface area contributed by atoms with E-state index in [0.29, 0.717) is 17.9 Å². The standard InChI is InChI=1S/C29H35N3O5/c33-24-9-8-23(25(34)31-24)32-26(35)21-7-6-20(14-22(21)27(32)36)37-11-5-3-1-2-4-10-30-28-15-18-12-17-13-19(16-28)29(17,18)28/h6-7,14,17-19,23,30H,1-5,8-13,15-16H2,(H,31,33,34). The van der Waals surface area contributed by atoms with E-state index in [-0.39, 0.29) is 29.9 Å². The van der Waals surface area contributed by atoms with Crippen molar-refractivity contribution in [3.8, 4) is 5.75 Å². The second-order valence-corrected chi connectivity index (χ2v) is 12.2. The minimum Gasteiger partial charge on any atom is -0.494 e. The molecule has 196 valence electrons. The van der Waals surface area contributed by atoms with Gasteiger partial charge >= 0.3 is 0 Å². The summed E-state index contributed by atoms with van der Waals surface area (Å²) in [6.45, 7) is 1.72. The third kappa shape index (κ3) is 3.17. The molecule has 2 aliphatic heterocycles. The maximum atomic E-state index is 12.9. The van der Waals surface area contributed by atoms with Gasteiger partial charge in [0.15, 0.2) is 0 Å². The average Bonchev–Trinajstić information content (AvgIpc) is 3.07. The number of hydrogen-bond acceptors (Lipinski definition) is 6. The lowest BCUT2D eigenvalue weighted by Gasteiger charge is -2.91. The SMILES string of the molecule is O=C1CCC(N2C(=O)c3ccc(OCCCCCCCNC45CC6CC7CC(C4)C765)cc3C2=O)C(=O)N1. The summed E-state index contributed by atoms with van der Waals surface area (Å²) in [5.74, 6) is 1.75. The smallest absolute Gasteiger partial charge is 0.262 e. The first-order valence-electron chi connectivity index (χ1n) is 14.2. The molecule has 4 aliphatic carbocycles. The van der Waals surface area contributed by atoms with Gasteiger partial charge in [-0.15, -0.1) is 0 Å². The molecular weight excluding hydrogens is 470 g/mol. The number of nitrogens with zero attached hydrogens (tertiary/aromatic N) is 1. The Hall–Kier alpha value is -2.74. The molecular formula is C29H35N3O5. The number of imide groups is 2. The predicted octanol–water partition coefficient (Wildman–Crippen LogP) is 3.20. The van der Waals surface area contributed by atoms with Crippen LogP contribution >= 0.6 is 0 Å². The molecule has 2 N–H and O–H groups in total. The predicted molar refractivity (Wildman–Crippen MR) is 134 cm³/mol. The van der Waals surface area contributed by atoms with Crippen molar-refractivity contribution in [3.63, 3.8) is 0 Å². The molecule has 0 bridgehead atoms. The van der Waals surface area contributed by atoms with Gasteiger partial charge in [-0.3, -0.25) is 29.4 Å². The zero-order valence-corrected chi connectivity index (χ0v) is 21.2. The van der Waals surface area contributed by atoms with Crippen molar-refractivity contribution in [3.05, 3.63) is 29.3 Å². The van der Waals surface area contributed by atoms with Crippen LogP contribution < -0.4 is 15.4 Å². The molecule has 6 aliphatic rings. The number of hydrogen-bond donors (Lipinski definition) is 2. The zero-order chi connectivity index (χ0) is 25.4. The Balaban J connectivity index is 0.819. The number of rotatable bonds is 11. The molecule has 1 aromatic rings. The molecule has 1 aromatic carbocycles. The first-order valence-corrected chi connectivity index (χ1v) is 14.2. The molecule has 7 rings (SSSR count). The molecule has 8 heteroatoms. The first-order chi connectivity index (χ1) is 17.9. The molecule has 3 atom stereocenters. The lowest BCUT2D eigenvalue weighted by molar-refractivity contribution is -0.397. The fourth-order valence-electron chi connectivity index (χ4n) is 9.05. The van der Waals surface area contributed by atoms with Crippen LogP contribution in [0, 0.1) is 23.2 Å². The molecule has 5 fully saturated rings. The zero-order valence-electron chi connectivity index (χ0n) is 21.2. The highest BCUT2D eigenvalue weighted by Crippen LogP contribution is 2.89. The first kappa shape index (κ1) is 23.4. The summed E-state index contributed by atoms with van der Waals surface area (Å²) in [7, 11) is 0. The van der Waals surface area contributed by atoms with Crippen LogP contribution in [0.4, 0.5) is 0 Å². The van der Waals surface area contributed by atoms with E-state index < -0.39 is 23.8 Å². The van der Waals surface area contributed by atoms with Gasteiger partial charge in [0.1, 0.15) is 11.8 Å². The maximum absolute atomic E-state index is 12.9. The quantitative estimate of drug-likeness (QED) is 0.354. The summed E-state index contributed by atoms with van der Waals surface area (Å²) < 4.78 is 5.87. The Kier molecular flexibility index (Phi) is 5.30. The van der Waals surface area contributed by atoms with Crippen molar-refractivity contribution in [1.82, 2.24) is 15.5 Å². The highest BCUT2D eigenvalue weighted by atomic mass is 16.5. The van der Waals surface area contributed by atoms with Gasteiger partial charge in [0, 0.05) is 12.0 Å². The lowest BCUT2D eigenvalue weighted by Crippen LogP contribution is -2.92. The van der Waals surface area contributed by atoms with Crippen LogP contribution in [0.3, 0.4) is 0 Å². The minimum absolute atomic E-state index is 0.109. The second kappa shape index (κ2) is 8.38. The molecule has 0 aromatic heterocycles. The van der Waals surface area contributed by atoms with E-state index in [2.05, 4.69) is 10.6 Å². The van der Waals surface area contributed by atoms with E-state index in [1.165, 1.54) is 44.9 Å². The number of piperidine rings is 1. The fourth-order valence-corrected chi connectivity index (χ4v) is 9.05. The van der Waals surface area contributed by atoms with Crippen molar-refractivity contribution in [2.75, 3.05) is 13.2 Å². The van der Waals surface area contributed by atoms with Gasteiger partial charge in [0.2, 0.25) is 11.8 Å².